The molecule has 7 N–H and O–H groups in total. The van der Waals surface area contributed by atoms with E-state index in [2.05, 4.69) is 56.5 Å². The number of carbonyl (C=O) groups is 5. The summed E-state index contributed by atoms with van der Waals surface area (Å²) in [7, 11) is 1.59. The minimum Gasteiger partial charge on any atom is -0.507 e. The number of benzene rings is 2. The van der Waals surface area contributed by atoms with Gasteiger partial charge in [-0.25, -0.2) is 14.6 Å². The molecular formula is C61H86N6O11S. The number of phenolic OH excluding ortho intramolecular Hbond substituents is 2. The number of aromatic nitrogens is 1. The Labute approximate surface area is 469 Å². The summed E-state index contributed by atoms with van der Waals surface area (Å²) in [4.78, 5) is 73.2. The summed E-state index contributed by atoms with van der Waals surface area (Å²) in [6.45, 7) is 22.9. The number of aromatic hydroxyl groups is 2. The highest BCUT2D eigenvalue weighted by Crippen LogP contribution is 2.71. The highest BCUT2D eigenvalue weighted by Gasteiger charge is 2.66. The maximum Gasteiger partial charge on any atom is 0.415 e. The Kier molecular flexibility index (Phi) is 18.9. The van der Waals surface area contributed by atoms with Crippen LogP contribution in [0.25, 0.3) is 23.4 Å². The zero-order chi connectivity index (χ0) is 57.9. The lowest BCUT2D eigenvalue weighted by molar-refractivity contribution is -0.210. The number of ether oxygens (including phenoxy) is 1. The first-order valence-corrected chi connectivity index (χ1v) is 29.4. The van der Waals surface area contributed by atoms with Gasteiger partial charge in [-0.1, -0.05) is 54.7 Å². The Balaban J connectivity index is 0.855. The third-order valence-corrected chi connectivity index (χ3v) is 20.8. The molecule has 7 rings (SSSR count). The van der Waals surface area contributed by atoms with Crippen LogP contribution >= 0.6 is 11.3 Å². The number of aliphatic carboxylic acids is 1. The van der Waals surface area contributed by atoms with E-state index in [1.165, 1.54) is 9.80 Å². The number of amides is 4. The smallest absolute Gasteiger partial charge is 0.415 e. The number of likely N-dealkylation sites (N-methyl/N-ethyl adjacent to an activating group) is 1. The van der Waals surface area contributed by atoms with E-state index in [-0.39, 0.29) is 149 Å². The number of carboxylic acid groups (broad SMARTS) is 1. The van der Waals surface area contributed by atoms with Gasteiger partial charge < -0.3 is 50.7 Å². The fourth-order valence-corrected chi connectivity index (χ4v) is 15.9. The van der Waals surface area contributed by atoms with Crippen molar-refractivity contribution in [3.05, 3.63) is 44.8 Å². The number of unbranched alkanes of at least 4 members (excludes halogenated alkanes) is 1. The summed E-state index contributed by atoms with van der Waals surface area (Å²) in [5.74, 6) is -0.230. The van der Waals surface area contributed by atoms with E-state index in [1.54, 1.807) is 46.0 Å². The van der Waals surface area contributed by atoms with Gasteiger partial charge in [-0.3, -0.25) is 14.4 Å². The second-order valence-electron chi connectivity index (χ2n) is 25.2. The molecular weight excluding hydrogens is 1020 g/mol. The standard InChI is InChI=1S/C61H86N6O11S/c1-35(41-18-19-42-52-43(23-24-60(41,42)8)61(9)25-22-39(68)31-59(61,7)32-46(52)69)16-21-49(71)64-45(56(75)76)14-11-12-26-63-48(70)15-13-27-67(57(77)78-40-17-20-44-47(30-40)79-50(34-62)65-44)29-28-66(10)51(72)33-58(5,6)53-38(4)54(73)36(2)37(3)55(53)74/h17,20,30,35,39,41-43,45-46,52,68-69,73-74H,3-4,11-16,18-19,21-29,31-33H2,1-2,5-10H3,(H,63,70)(H,64,71)(H,75,76)/t35-,39-,41-,42+,43+,45?,46-,52+,59+,60-,61-/m1/s1. The number of aliphatic hydroxyl groups excluding tert-OH is 2. The van der Waals surface area contributed by atoms with Crippen molar-refractivity contribution in [1.82, 2.24) is 25.4 Å². The SMILES string of the molecule is C=c1c(C)c(O)c(=C)c(C(C)(C)CC(=O)N(C)CCN(CCCC(=O)NCCCCC(NC(=O)CC[C@@H](C)[C@H]2CC[C@H]3[C@@H]4[C@H](O)C[C@]5(C)C[C@H](O)CC[C@]5(C)[C@H]4CC[C@]23C)C(=O)O)C(=O)Oc2ccc3nc(C#N)sc3c2)c1O. The Morgan fingerprint density at radius 2 is 1.66 bits per heavy atom. The molecule has 0 aliphatic heterocycles. The van der Waals surface area contributed by atoms with Crippen LogP contribution in [0.15, 0.2) is 18.2 Å². The van der Waals surface area contributed by atoms with Gasteiger partial charge in [0.15, 0.2) is 5.01 Å². The van der Waals surface area contributed by atoms with Gasteiger partial charge >= 0.3 is 12.1 Å². The number of nitriles is 1. The van der Waals surface area contributed by atoms with E-state index < -0.39 is 23.5 Å². The average Bonchev–Trinajstić information content (AvgIpc) is 4.23. The van der Waals surface area contributed by atoms with Gasteiger partial charge in [-0.2, -0.15) is 5.26 Å². The molecule has 0 bridgehead atoms. The Morgan fingerprint density at radius 3 is 2.37 bits per heavy atom. The Morgan fingerprint density at radius 1 is 0.924 bits per heavy atom. The number of nitrogens with one attached hydrogen (secondary N) is 2. The van der Waals surface area contributed by atoms with Crippen molar-refractivity contribution in [3.63, 3.8) is 0 Å². The molecule has 11 atom stereocenters. The lowest BCUT2D eigenvalue weighted by Gasteiger charge is -2.66. The van der Waals surface area contributed by atoms with Crippen molar-refractivity contribution in [1.29, 1.82) is 5.26 Å². The second-order valence-corrected chi connectivity index (χ2v) is 26.3. The first-order chi connectivity index (χ1) is 37.1. The molecule has 1 aromatic heterocycles. The molecule has 4 fully saturated rings. The highest BCUT2D eigenvalue weighted by atomic mass is 32.1. The average molecular weight is 1110 g/mol. The molecule has 0 spiro atoms. The third kappa shape index (κ3) is 12.9. The molecule has 1 unspecified atom stereocenters. The lowest BCUT2D eigenvalue weighted by atomic mass is 9.39. The van der Waals surface area contributed by atoms with E-state index in [4.69, 9.17) is 4.74 Å². The second kappa shape index (κ2) is 24.5. The Bertz CT molecular complexity index is 2920. The van der Waals surface area contributed by atoms with E-state index >= 15 is 0 Å². The van der Waals surface area contributed by atoms with Gasteiger partial charge in [0.05, 0.1) is 22.4 Å². The van der Waals surface area contributed by atoms with Crippen LogP contribution in [0.1, 0.15) is 160 Å². The molecule has 2 aromatic carbocycles. The predicted octanol–water partition coefficient (Wildman–Crippen LogP) is 7.77. The quantitative estimate of drug-likeness (QED) is 0.0375. The summed E-state index contributed by atoms with van der Waals surface area (Å²) >= 11 is 1.16. The van der Waals surface area contributed by atoms with Gasteiger partial charge in [0.1, 0.15) is 29.4 Å². The van der Waals surface area contributed by atoms with Crippen molar-refractivity contribution >= 4 is 64.5 Å². The van der Waals surface area contributed by atoms with Crippen LogP contribution in [-0.2, 0) is 24.6 Å². The van der Waals surface area contributed by atoms with Gasteiger partial charge in [0.25, 0.3) is 0 Å². The minimum atomic E-state index is -1.11. The number of aliphatic hydroxyl groups is 2. The molecule has 17 nitrogen and oxygen atoms in total. The monoisotopic (exact) mass is 1110 g/mol. The molecule has 0 saturated heterocycles. The van der Waals surface area contributed by atoms with Crippen LogP contribution in [0, 0.1) is 64.1 Å². The predicted molar refractivity (Wildman–Crippen MR) is 303 cm³/mol. The van der Waals surface area contributed by atoms with E-state index in [9.17, 15) is 54.8 Å². The van der Waals surface area contributed by atoms with E-state index in [0.717, 1.165) is 62.7 Å². The van der Waals surface area contributed by atoms with Crippen LogP contribution < -0.4 is 25.8 Å². The number of carboxylic acids is 1. The van der Waals surface area contributed by atoms with Crippen molar-refractivity contribution in [3.8, 4) is 23.3 Å². The molecule has 4 amide bonds. The summed E-state index contributed by atoms with van der Waals surface area (Å²) in [5, 5.41) is 69.8. The molecule has 432 valence electrons. The van der Waals surface area contributed by atoms with Crippen molar-refractivity contribution in [2.75, 3.05) is 33.2 Å². The van der Waals surface area contributed by atoms with Crippen molar-refractivity contribution < 1.29 is 54.2 Å². The molecule has 4 aliphatic carbocycles. The zero-order valence-corrected chi connectivity index (χ0v) is 48.6. The molecule has 0 radical (unpaired) electrons. The van der Waals surface area contributed by atoms with E-state index in [1.807, 2.05) is 6.07 Å². The molecule has 4 saturated carbocycles. The van der Waals surface area contributed by atoms with Crippen molar-refractivity contribution in [2.45, 2.75) is 175 Å². The molecule has 3 aromatic rings. The fourth-order valence-electron chi connectivity index (χ4n) is 15.1. The summed E-state index contributed by atoms with van der Waals surface area (Å²) in [6, 6.07) is 5.80. The molecule has 18 heteroatoms. The summed E-state index contributed by atoms with van der Waals surface area (Å²) < 4.78 is 6.42. The zero-order valence-electron chi connectivity index (χ0n) is 47.8. The fraction of sp³-hybridized carbons (Fsp3) is 0.656. The minimum absolute atomic E-state index is 0.0468. The summed E-state index contributed by atoms with van der Waals surface area (Å²) in [5.41, 5.74) is 0.413. The number of thiazole rings is 1. The van der Waals surface area contributed by atoms with Crippen LogP contribution in [-0.4, -0.2) is 122 Å². The first kappa shape index (κ1) is 60.9. The van der Waals surface area contributed by atoms with Crippen molar-refractivity contribution in [2.24, 2.45) is 45.8 Å². The number of hydrogen-bond acceptors (Lipinski definition) is 13. The van der Waals surface area contributed by atoms with Crippen LogP contribution in [0.2, 0.25) is 0 Å². The number of hydrogen-bond donors (Lipinski definition) is 7. The topological polar surface area (TPSA) is 263 Å². The third-order valence-electron chi connectivity index (χ3n) is 19.8. The normalized spacial score (nSPS) is 27.1. The lowest BCUT2D eigenvalue weighted by Crippen LogP contribution is -2.62. The summed E-state index contributed by atoms with van der Waals surface area (Å²) in [6.07, 6.45) is 8.47. The van der Waals surface area contributed by atoms with Gasteiger partial charge in [0, 0.05) is 85.5 Å². The number of nitrogens with zero attached hydrogens (tertiary/aromatic N) is 4. The Hall–Kier alpha value is -5.77. The molecule has 79 heavy (non-hydrogen) atoms. The number of phenols is 2. The first-order valence-electron chi connectivity index (χ1n) is 28.5. The van der Waals surface area contributed by atoms with Gasteiger partial charge in [-0.15, -0.1) is 11.3 Å². The molecule has 1 heterocycles. The maximum absolute atomic E-state index is 13.7. The van der Waals surface area contributed by atoms with Gasteiger partial charge in [-0.05, 0) is 148 Å². The van der Waals surface area contributed by atoms with E-state index in [0.29, 0.717) is 58.4 Å². The number of carbonyl (C=O) groups excluding carboxylic acids is 4. The largest absolute Gasteiger partial charge is 0.507 e. The van der Waals surface area contributed by atoms with Gasteiger partial charge in [0.2, 0.25) is 17.7 Å². The van der Waals surface area contributed by atoms with Crippen LogP contribution in [0.3, 0.4) is 0 Å². The molecule has 4 aliphatic rings. The van der Waals surface area contributed by atoms with Crippen LogP contribution in [0.4, 0.5) is 4.79 Å². The van der Waals surface area contributed by atoms with Crippen LogP contribution in [0.5, 0.6) is 17.2 Å². The number of fused-ring (bicyclic) bond motifs is 6. The maximum atomic E-state index is 13.7. The highest BCUT2D eigenvalue weighted by molar-refractivity contribution is 7.19. The number of rotatable bonds is 22.